The Morgan fingerprint density at radius 2 is 1.20 bits per heavy atom. The van der Waals surface area contributed by atoms with Crippen LogP contribution in [0.5, 0.6) is 0 Å². The van der Waals surface area contributed by atoms with Gasteiger partial charge in [-0.05, 0) is 0 Å². The number of rotatable bonds is 5. The van der Waals surface area contributed by atoms with E-state index in [1.165, 1.54) is 0 Å². The molecule has 15 heavy (non-hydrogen) atoms. The van der Waals surface area contributed by atoms with Crippen molar-refractivity contribution in [1.29, 1.82) is 0 Å². The first-order valence-corrected chi connectivity index (χ1v) is 3.11. The Morgan fingerprint density at radius 3 is 1.33 bits per heavy atom. The van der Waals surface area contributed by atoms with E-state index in [-0.39, 0.29) is 34.7 Å². The van der Waals surface area contributed by atoms with Crippen LogP contribution in [-0.4, -0.2) is 63.3 Å². The molecule has 74 valence electrons. The molecule has 0 amide bonds. The Hall–Kier alpha value is -0.565. The van der Waals surface area contributed by atoms with Crippen molar-refractivity contribution in [3.63, 3.8) is 0 Å². The zero-order chi connectivity index (χ0) is 10.6. The topological polar surface area (TPSA) is 141 Å². The van der Waals surface area contributed by atoms with Gasteiger partial charge in [0.05, 0.1) is 5.97 Å². The maximum atomic E-state index is 10.1. The van der Waals surface area contributed by atoms with E-state index in [9.17, 15) is 29.7 Å². The van der Waals surface area contributed by atoms with Gasteiger partial charge in [0, 0.05) is 24.8 Å². The number of hydrogen-bond acceptors (Lipinski definition) is 7. The van der Waals surface area contributed by atoms with Gasteiger partial charge in [0.25, 0.3) is 0 Å². The monoisotopic (exact) mass is 243 g/mol. The van der Waals surface area contributed by atoms with Crippen LogP contribution in [0.1, 0.15) is 12.8 Å². The third kappa shape index (κ3) is 7.37. The summed E-state index contributed by atoms with van der Waals surface area (Å²) in [6, 6.07) is 0. The van der Waals surface area contributed by atoms with Crippen LogP contribution in [-0.2, 0) is 14.4 Å². The van der Waals surface area contributed by atoms with Gasteiger partial charge < -0.3 is 34.8 Å². The summed E-state index contributed by atoms with van der Waals surface area (Å²) in [6.45, 7) is 0. The number of carbonyl (C=O) groups is 3. The molecule has 0 aliphatic carbocycles. The van der Waals surface area contributed by atoms with Gasteiger partial charge in [0.15, 0.2) is 0 Å². The van der Waals surface area contributed by atoms with Crippen molar-refractivity contribution in [2.45, 2.75) is 18.4 Å². The van der Waals surface area contributed by atoms with Crippen molar-refractivity contribution < 1.29 is 34.8 Å². The summed E-state index contributed by atoms with van der Waals surface area (Å²) in [4.78, 5) is 30.0. The molecule has 0 aromatic rings. The maximum absolute atomic E-state index is 10.1. The minimum Gasteiger partial charge on any atom is -0.550 e. The molecule has 0 saturated heterocycles. The molecule has 0 bridgehead atoms. The summed E-state index contributed by atoms with van der Waals surface area (Å²) in [5, 5.41) is 38.9. The molecule has 0 atom stereocenters. The number of aliphatic carboxylic acids is 3. The molecule has 0 radical (unpaired) electrons. The molecule has 9 heteroatoms. The second kappa shape index (κ2) is 7.69. The van der Waals surface area contributed by atoms with Crippen LogP contribution in [0.25, 0.3) is 0 Å². The second-order valence-corrected chi connectivity index (χ2v) is 2.42. The number of aliphatic hydroxyl groups is 1. The number of hydrogen-bond donors (Lipinski definition) is 1. The third-order valence-corrected chi connectivity index (χ3v) is 1.25. The van der Waals surface area contributed by atoms with Crippen molar-refractivity contribution >= 4 is 52.6 Å². The predicted octanol–water partition coefficient (Wildman–Crippen LogP) is -6.01. The van der Waals surface area contributed by atoms with Gasteiger partial charge >= 0.3 is 34.7 Å². The number of carboxylic acid groups (broad SMARTS) is 3. The smallest absolute Gasteiger partial charge is 0.550 e. The quantitative estimate of drug-likeness (QED) is 0.473. The Kier molecular flexibility index (Phi) is 10.2. The van der Waals surface area contributed by atoms with Crippen LogP contribution < -0.4 is 15.3 Å². The zero-order valence-corrected chi connectivity index (χ0v) is 9.78. The Bertz CT molecular complexity index is 236. The minimum atomic E-state index is -2.97. The van der Waals surface area contributed by atoms with Crippen LogP contribution in [0.2, 0.25) is 0 Å². The largest absolute Gasteiger partial charge is 3.00 e. The van der Waals surface area contributed by atoms with Crippen molar-refractivity contribution in [3.05, 3.63) is 0 Å². The second-order valence-electron chi connectivity index (χ2n) is 2.42. The predicted molar refractivity (Wildman–Crippen MR) is 40.7 cm³/mol. The molecular formula is C6H5Al2O7+3. The van der Waals surface area contributed by atoms with E-state index in [2.05, 4.69) is 0 Å². The summed E-state index contributed by atoms with van der Waals surface area (Å²) in [7, 11) is 0. The normalized spacial score (nSPS) is 9.40. The molecule has 0 rings (SSSR count). The first kappa shape index (κ1) is 19.9. The fourth-order valence-corrected chi connectivity index (χ4v) is 0.684. The third-order valence-electron chi connectivity index (χ3n) is 1.25. The van der Waals surface area contributed by atoms with Crippen molar-refractivity contribution in [2.75, 3.05) is 0 Å². The maximum Gasteiger partial charge on any atom is 3.00 e. The first-order valence-electron chi connectivity index (χ1n) is 3.11. The van der Waals surface area contributed by atoms with Crippen LogP contribution in [0, 0.1) is 0 Å². The molecule has 0 aliphatic rings. The van der Waals surface area contributed by atoms with Gasteiger partial charge in [-0.3, -0.25) is 0 Å². The minimum absolute atomic E-state index is 0. The fraction of sp³-hybridized carbons (Fsp3) is 0.500. The van der Waals surface area contributed by atoms with Crippen molar-refractivity contribution in [2.24, 2.45) is 0 Å². The molecule has 0 aromatic carbocycles. The zero-order valence-electron chi connectivity index (χ0n) is 7.47. The Morgan fingerprint density at radius 1 is 0.933 bits per heavy atom. The average Bonchev–Trinajstić information content (AvgIpc) is 1.82. The fourth-order valence-electron chi connectivity index (χ4n) is 0.684. The molecule has 0 unspecified atom stereocenters. The molecular weight excluding hydrogens is 238 g/mol. The average molecular weight is 243 g/mol. The summed E-state index contributed by atoms with van der Waals surface area (Å²) in [5.41, 5.74) is -2.97. The van der Waals surface area contributed by atoms with E-state index in [1.807, 2.05) is 0 Å². The molecule has 0 aliphatic heterocycles. The molecule has 0 saturated carbocycles. The molecule has 0 heterocycles. The molecule has 7 nitrogen and oxygen atoms in total. The van der Waals surface area contributed by atoms with Gasteiger partial charge in [-0.2, -0.15) is 0 Å². The van der Waals surface area contributed by atoms with E-state index >= 15 is 0 Å². The van der Waals surface area contributed by atoms with Crippen LogP contribution in [0.4, 0.5) is 0 Å². The van der Waals surface area contributed by atoms with Gasteiger partial charge in [0.1, 0.15) is 5.60 Å². The Balaban J connectivity index is -0.000000720. The Labute approximate surface area is 106 Å². The number of carboxylic acids is 3. The molecule has 0 aromatic heterocycles. The van der Waals surface area contributed by atoms with E-state index in [4.69, 9.17) is 5.11 Å². The van der Waals surface area contributed by atoms with Crippen LogP contribution >= 0.6 is 0 Å². The number of carbonyl (C=O) groups excluding carboxylic acids is 3. The van der Waals surface area contributed by atoms with Crippen LogP contribution in [0.15, 0.2) is 0 Å². The molecule has 0 spiro atoms. The molecule has 1 N–H and O–H groups in total. The summed E-state index contributed by atoms with van der Waals surface area (Å²) in [6.07, 6.45) is -2.72. The van der Waals surface area contributed by atoms with E-state index in [0.717, 1.165) is 0 Å². The SMILES string of the molecule is O=C([O-])CC(O)(CC(=O)[O-])C(=O)[O-].[Al+3].[Al+3]. The van der Waals surface area contributed by atoms with E-state index < -0.39 is 36.4 Å². The van der Waals surface area contributed by atoms with E-state index in [0.29, 0.717) is 0 Å². The van der Waals surface area contributed by atoms with Gasteiger partial charge in [-0.1, -0.05) is 0 Å². The first-order chi connectivity index (χ1) is 5.78. The van der Waals surface area contributed by atoms with Crippen molar-refractivity contribution in [1.82, 2.24) is 0 Å². The van der Waals surface area contributed by atoms with Gasteiger partial charge in [0.2, 0.25) is 0 Å². The van der Waals surface area contributed by atoms with Crippen LogP contribution in [0.3, 0.4) is 0 Å². The van der Waals surface area contributed by atoms with Gasteiger partial charge in [-0.25, -0.2) is 0 Å². The van der Waals surface area contributed by atoms with Gasteiger partial charge in [-0.15, -0.1) is 0 Å². The molecule has 0 fully saturated rings. The summed E-state index contributed by atoms with van der Waals surface area (Å²) < 4.78 is 0. The summed E-state index contributed by atoms with van der Waals surface area (Å²) >= 11 is 0. The summed E-state index contributed by atoms with van der Waals surface area (Å²) in [5.74, 6) is -5.98. The van der Waals surface area contributed by atoms with Crippen molar-refractivity contribution in [3.8, 4) is 0 Å². The van der Waals surface area contributed by atoms with E-state index in [1.54, 1.807) is 0 Å². The standard InChI is InChI=1S/C6H8O7.2Al/c7-3(8)1-6(13,5(11)12)2-4(9)10;;/h13H,1-2H2,(H,7,8)(H,9,10)(H,11,12);;/q;2*+3/p-3.